The van der Waals surface area contributed by atoms with E-state index in [0.717, 1.165) is 55.5 Å². The van der Waals surface area contributed by atoms with Gasteiger partial charge in [-0.3, -0.25) is 4.79 Å². The van der Waals surface area contributed by atoms with E-state index in [1.165, 1.54) is 11.6 Å². The second-order valence-electron chi connectivity index (χ2n) is 9.28. The Hall–Kier alpha value is -2.12. The topological polar surface area (TPSA) is 68.5 Å². The largest absolute Gasteiger partial charge is 1.00 e. The van der Waals surface area contributed by atoms with Crippen LogP contribution in [0.25, 0.3) is 11.0 Å². The highest BCUT2D eigenvalue weighted by molar-refractivity contribution is 5.82. The number of amides is 1. The summed E-state index contributed by atoms with van der Waals surface area (Å²) in [7, 11) is 4.20. The van der Waals surface area contributed by atoms with Crippen molar-refractivity contribution in [3.63, 3.8) is 0 Å². The standard InChI is InChI=1S/C26H38N2O4.BrH/c1-6-16-27-24(29)19-28(4,5)17-8-7-9-18-31-23-14-11-21-12-15-25(30)32-26(21)22(23)13-10-20(2)3;/h10-12,14-15H,6-9,13,16-19H2,1-5H3;1H. The number of nitrogens with one attached hydrogen (secondary N) is 1. The molecule has 0 unspecified atom stereocenters. The first-order valence-corrected chi connectivity index (χ1v) is 11.6. The monoisotopic (exact) mass is 522 g/mol. The number of carbonyl (C=O) groups excluding carboxylic acids is 1. The van der Waals surface area contributed by atoms with Gasteiger partial charge in [0.15, 0.2) is 6.54 Å². The van der Waals surface area contributed by atoms with Gasteiger partial charge in [0.2, 0.25) is 0 Å². The summed E-state index contributed by atoms with van der Waals surface area (Å²) >= 11 is 0. The molecule has 0 aliphatic carbocycles. The average molecular weight is 524 g/mol. The van der Waals surface area contributed by atoms with Crippen LogP contribution in [-0.2, 0) is 11.2 Å². The number of hydrogen-bond acceptors (Lipinski definition) is 4. The van der Waals surface area contributed by atoms with Crippen LogP contribution >= 0.6 is 0 Å². The van der Waals surface area contributed by atoms with Crippen LogP contribution in [0.5, 0.6) is 5.75 Å². The van der Waals surface area contributed by atoms with Crippen LogP contribution in [0.4, 0.5) is 0 Å². The molecular formula is C26H39BrN2O4. The summed E-state index contributed by atoms with van der Waals surface area (Å²) < 4.78 is 12.3. The average Bonchev–Trinajstić information content (AvgIpc) is 2.72. The number of unbranched alkanes of at least 4 members (excludes halogenated alkanes) is 2. The van der Waals surface area contributed by atoms with Crippen LogP contribution in [0.1, 0.15) is 52.0 Å². The van der Waals surface area contributed by atoms with Crippen molar-refractivity contribution in [3.8, 4) is 5.75 Å². The van der Waals surface area contributed by atoms with E-state index in [2.05, 4.69) is 46.3 Å². The highest BCUT2D eigenvalue weighted by Gasteiger charge is 2.19. The molecule has 1 aromatic heterocycles. The van der Waals surface area contributed by atoms with Crippen molar-refractivity contribution in [1.29, 1.82) is 0 Å². The fourth-order valence-corrected chi connectivity index (χ4v) is 3.60. The van der Waals surface area contributed by atoms with Crippen LogP contribution in [-0.4, -0.2) is 50.7 Å². The maximum atomic E-state index is 12.0. The Morgan fingerprint density at radius 1 is 1.12 bits per heavy atom. The van der Waals surface area contributed by atoms with E-state index in [1.807, 2.05) is 12.1 Å². The molecule has 7 heteroatoms. The van der Waals surface area contributed by atoms with Gasteiger partial charge in [0.05, 0.1) is 27.2 Å². The predicted octanol–water partition coefficient (Wildman–Crippen LogP) is 1.46. The van der Waals surface area contributed by atoms with Crippen molar-refractivity contribution in [1.82, 2.24) is 5.32 Å². The van der Waals surface area contributed by atoms with Gasteiger partial charge in [0, 0.05) is 23.6 Å². The Balaban J connectivity index is 0.00000544. The van der Waals surface area contributed by atoms with Crippen molar-refractivity contribution in [2.45, 2.75) is 52.9 Å². The molecule has 1 amide bonds. The minimum atomic E-state index is -0.350. The number of hydrogen-bond donors (Lipinski definition) is 1. The highest BCUT2D eigenvalue weighted by atomic mass is 79.9. The number of ether oxygens (including phenoxy) is 1. The molecule has 2 aromatic rings. The van der Waals surface area contributed by atoms with Gasteiger partial charge in [-0.05, 0) is 64.2 Å². The molecule has 33 heavy (non-hydrogen) atoms. The van der Waals surface area contributed by atoms with Gasteiger partial charge in [-0.1, -0.05) is 18.6 Å². The Labute approximate surface area is 208 Å². The number of carbonyl (C=O) groups is 1. The molecule has 184 valence electrons. The molecule has 1 aromatic carbocycles. The van der Waals surface area contributed by atoms with Crippen LogP contribution in [0.15, 0.2) is 45.1 Å². The molecule has 0 saturated carbocycles. The SMILES string of the molecule is CCCNC(=O)C[N+](C)(C)CCCCCOc1ccc2ccc(=O)oc2c1CC=C(C)C.[Br-]. The van der Waals surface area contributed by atoms with Crippen molar-refractivity contribution in [3.05, 3.63) is 51.9 Å². The van der Waals surface area contributed by atoms with Crippen LogP contribution < -0.4 is 32.7 Å². The zero-order chi connectivity index (χ0) is 23.6. The van der Waals surface area contributed by atoms with Crippen LogP contribution in [0, 0.1) is 0 Å². The molecule has 0 spiro atoms. The number of likely N-dealkylation sites (N-methyl/N-ethyl adjacent to an activating group) is 1. The van der Waals surface area contributed by atoms with E-state index in [0.29, 0.717) is 29.6 Å². The third kappa shape index (κ3) is 10.1. The van der Waals surface area contributed by atoms with Gasteiger partial charge in [-0.15, -0.1) is 0 Å². The number of fused-ring (bicyclic) bond motifs is 1. The minimum absolute atomic E-state index is 0. The van der Waals surface area contributed by atoms with Crippen molar-refractivity contribution < 1.29 is 35.4 Å². The molecule has 1 N–H and O–H groups in total. The Bertz CT molecular complexity index is 978. The van der Waals surface area contributed by atoms with Gasteiger partial charge >= 0.3 is 5.63 Å². The van der Waals surface area contributed by atoms with Gasteiger partial charge < -0.3 is 35.9 Å². The molecule has 0 radical (unpaired) electrons. The normalized spacial score (nSPS) is 11.1. The summed E-state index contributed by atoms with van der Waals surface area (Å²) in [5, 5.41) is 3.85. The maximum absolute atomic E-state index is 12.0. The smallest absolute Gasteiger partial charge is 0.336 e. The lowest BCUT2D eigenvalue weighted by molar-refractivity contribution is -0.882. The summed E-state index contributed by atoms with van der Waals surface area (Å²) in [6, 6.07) is 7.13. The first-order valence-electron chi connectivity index (χ1n) is 11.6. The van der Waals surface area contributed by atoms with E-state index in [1.54, 1.807) is 6.07 Å². The number of allylic oxidation sites excluding steroid dienone is 2. The lowest BCUT2D eigenvalue weighted by atomic mass is 10.1. The van der Waals surface area contributed by atoms with Crippen LogP contribution in [0.2, 0.25) is 0 Å². The number of rotatable bonds is 13. The fraction of sp³-hybridized carbons (Fsp3) is 0.538. The lowest BCUT2D eigenvalue weighted by Crippen LogP contribution is -3.00. The van der Waals surface area contributed by atoms with E-state index < -0.39 is 0 Å². The predicted molar refractivity (Wildman–Crippen MR) is 130 cm³/mol. The van der Waals surface area contributed by atoms with Crippen molar-refractivity contribution >= 4 is 16.9 Å². The minimum Gasteiger partial charge on any atom is -1.00 e. The van der Waals surface area contributed by atoms with E-state index in [4.69, 9.17) is 9.15 Å². The fourth-order valence-electron chi connectivity index (χ4n) is 3.60. The van der Waals surface area contributed by atoms with Gasteiger partial charge in [-0.2, -0.15) is 0 Å². The number of nitrogens with zero attached hydrogens (tertiary/aromatic N) is 1. The summed E-state index contributed by atoms with van der Waals surface area (Å²) in [5.41, 5.74) is 2.37. The zero-order valence-corrected chi connectivity index (χ0v) is 22.3. The van der Waals surface area contributed by atoms with Gasteiger partial charge in [-0.25, -0.2) is 4.79 Å². The molecule has 0 aliphatic heterocycles. The second kappa shape index (κ2) is 14.2. The van der Waals surface area contributed by atoms with Crippen LogP contribution in [0.3, 0.4) is 0 Å². The lowest BCUT2D eigenvalue weighted by Gasteiger charge is -2.29. The summed E-state index contributed by atoms with van der Waals surface area (Å²) in [6.45, 7) is 8.96. The molecule has 0 bridgehead atoms. The molecule has 6 nitrogen and oxygen atoms in total. The van der Waals surface area contributed by atoms with Crippen molar-refractivity contribution in [2.75, 3.05) is 40.3 Å². The number of benzene rings is 1. The molecule has 0 atom stereocenters. The molecule has 1 heterocycles. The molecular weight excluding hydrogens is 484 g/mol. The van der Waals surface area contributed by atoms with Crippen molar-refractivity contribution in [2.24, 2.45) is 0 Å². The number of halogens is 1. The summed E-state index contributed by atoms with van der Waals surface area (Å²) in [6.07, 6.45) is 6.73. The quantitative estimate of drug-likeness (QED) is 0.187. The number of quaternary nitrogens is 1. The highest BCUT2D eigenvalue weighted by Crippen LogP contribution is 2.28. The first kappa shape index (κ1) is 28.9. The molecule has 0 saturated heterocycles. The zero-order valence-electron chi connectivity index (χ0n) is 20.7. The first-order chi connectivity index (χ1) is 15.2. The molecule has 0 fully saturated rings. The summed E-state index contributed by atoms with van der Waals surface area (Å²) in [4.78, 5) is 23.7. The Morgan fingerprint density at radius 3 is 2.55 bits per heavy atom. The molecule has 0 aliphatic rings. The second-order valence-corrected chi connectivity index (χ2v) is 9.28. The molecule has 2 rings (SSSR count). The maximum Gasteiger partial charge on any atom is 0.336 e. The Kier molecular flexibility index (Phi) is 12.4. The van der Waals surface area contributed by atoms with Gasteiger partial charge in [0.1, 0.15) is 11.3 Å². The van der Waals surface area contributed by atoms with E-state index in [9.17, 15) is 9.59 Å². The van der Waals surface area contributed by atoms with E-state index >= 15 is 0 Å². The van der Waals surface area contributed by atoms with Gasteiger partial charge in [0.25, 0.3) is 5.91 Å². The summed E-state index contributed by atoms with van der Waals surface area (Å²) in [5.74, 6) is 0.889. The van der Waals surface area contributed by atoms with E-state index in [-0.39, 0.29) is 28.5 Å². The Morgan fingerprint density at radius 2 is 1.85 bits per heavy atom. The third-order valence-electron chi connectivity index (χ3n) is 5.37. The third-order valence-corrected chi connectivity index (χ3v) is 5.37.